The molecule has 0 aromatic heterocycles. The molecule has 0 saturated carbocycles. The SMILES string of the molecule is O=C(C=Cc1cc(Br)ccc1F)N1CCCC(NS(=O)(=O)c2cccc(F)c2)C1. The summed E-state index contributed by atoms with van der Waals surface area (Å²) in [6.07, 6.45) is 3.83. The Morgan fingerprint density at radius 1 is 1.21 bits per heavy atom. The van der Waals surface area contributed by atoms with Gasteiger partial charge in [-0.3, -0.25) is 4.79 Å². The second kappa shape index (κ2) is 9.15. The van der Waals surface area contributed by atoms with Crippen molar-refractivity contribution in [2.75, 3.05) is 13.1 Å². The summed E-state index contributed by atoms with van der Waals surface area (Å²) in [6, 6.07) is 8.69. The number of amides is 1. The molecule has 1 saturated heterocycles. The predicted molar refractivity (Wildman–Crippen MR) is 109 cm³/mol. The number of piperidine rings is 1. The maximum Gasteiger partial charge on any atom is 0.246 e. The van der Waals surface area contributed by atoms with E-state index in [1.807, 2.05) is 0 Å². The Kier molecular flexibility index (Phi) is 6.81. The summed E-state index contributed by atoms with van der Waals surface area (Å²) < 4.78 is 55.3. The number of likely N-dealkylation sites (tertiary alicyclic amines) is 1. The number of sulfonamides is 1. The molecule has 0 bridgehead atoms. The standard InChI is InChI=1S/C20H19BrF2N2O3S/c21-15-7-8-19(23)14(11-15)6-9-20(26)25-10-2-4-17(13-25)24-29(27,28)18-5-1-3-16(22)12-18/h1,3,5-9,11-12,17,24H,2,4,10,13H2. The monoisotopic (exact) mass is 484 g/mol. The molecular formula is C20H19BrF2N2O3S. The molecule has 1 heterocycles. The molecule has 5 nitrogen and oxygen atoms in total. The Morgan fingerprint density at radius 2 is 2.00 bits per heavy atom. The highest BCUT2D eigenvalue weighted by Crippen LogP contribution is 2.18. The average Bonchev–Trinajstić information content (AvgIpc) is 2.68. The first kappa shape index (κ1) is 21.6. The summed E-state index contributed by atoms with van der Waals surface area (Å²) in [7, 11) is -3.90. The summed E-state index contributed by atoms with van der Waals surface area (Å²) >= 11 is 3.25. The molecule has 1 aliphatic heterocycles. The first-order chi connectivity index (χ1) is 13.7. The molecule has 1 fully saturated rings. The molecule has 154 valence electrons. The van der Waals surface area contributed by atoms with Gasteiger partial charge in [0.1, 0.15) is 11.6 Å². The van der Waals surface area contributed by atoms with Gasteiger partial charge in [-0.05, 0) is 55.3 Å². The third-order valence-electron chi connectivity index (χ3n) is 4.52. The highest BCUT2D eigenvalue weighted by Gasteiger charge is 2.27. The fourth-order valence-corrected chi connectivity index (χ4v) is 4.78. The second-order valence-corrected chi connectivity index (χ2v) is 9.33. The molecule has 29 heavy (non-hydrogen) atoms. The minimum Gasteiger partial charge on any atom is -0.338 e. The molecule has 3 rings (SSSR count). The van der Waals surface area contributed by atoms with Crippen molar-refractivity contribution in [1.29, 1.82) is 0 Å². The topological polar surface area (TPSA) is 66.5 Å². The molecule has 0 spiro atoms. The van der Waals surface area contributed by atoms with Crippen LogP contribution in [0.15, 0.2) is 57.9 Å². The first-order valence-electron chi connectivity index (χ1n) is 8.94. The van der Waals surface area contributed by atoms with Gasteiger partial charge in [-0.1, -0.05) is 22.0 Å². The minimum atomic E-state index is -3.90. The van der Waals surface area contributed by atoms with Crippen LogP contribution in [0.5, 0.6) is 0 Å². The zero-order valence-electron chi connectivity index (χ0n) is 15.3. The van der Waals surface area contributed by atoms with Gasteiger partial charge in [-0.2, -0.15) is 0 Å². The number of hydrogen-bond donors (Lipinski definition) is 1. The minimum absolute atomic E-state index is 0.161. The van der Waals surface area contributed by atoms with E-state index in [0.29, 0.717) is 23.9 Å². The Bertz CT molecular complexity index is 1040. The Morgan fingerprint density at radius 3 is 2.76 bits per heavy atom. The van der Waals surface area contributed by atoms with Gasteiger partial charge in [0.25, 0.3) is 0 Å². The van der Waals surface area contributed by atoms with Crippen molar-refractivity contribution < 1.29 is 22.0 Å². The maximum atomic E-state index is 13.8. The van der Waals surface area contributed by atoms with Crippen LogP contribution < -0.4 is 4.72 Å². The number of carbonyl (C=O) groups excluding carboxylic acids is 1. The lowest BCUT2D eigenvalue weighted by molar-refractivity contribution is -0.127. The highest BCUT2D eigenvalue weighted by molar-refractivity contribution is 9.10. The van der Waals surface area contributed by atoms with Crippen molar-refractivity contribution in [2.45, 2.75) is 23.8 Å². The second-order valence-electron chi connectivity index (χ2n) is 6.70. The van der Waals surface area contributed by atoms with Crippen LogP contribution in [-0.2, 0) is 14.8 Å². The largest absolute Gasteiger partial charge is 0.338 e. The maximum absolute atomic E-state index is 13.8. The molecule has 9 heteroatoms. The number of halogens is 3. The van der Waals surface area contributed by atoms with E-state index in [9.17, 15) is 22.0 Å². The number of rotatable bonds is 5. The van der Waals surface area contributed by atoms with Crippen molar-refractivity contribution in [1.82, 2.24) is 9.62 Å². The van der Waals surface area contributed by atoms with Gasteiger partial charge in [-0.15, -0.1) is 0 Å². The van der Waals surface area contributed by atoms with Crippen molar-refractivity contribution in [3.8, 4) is 0 Å². The lowest BCUT2D eigenvalue weighted by Crippen LogP contribution is -2.49. The smallest absolute Gasteiger partial charge is 0.246 e. The quantitative estimate of drug-likeness (QED) is 0.657. The fourth-order valence-electron chi connectivity index (χ4n) is 3.10. The van der Waals surface area contributed by atoms with E-state index < -0.39 is 27.7 Å². The van der Waals surface area contributed by atoms with Crippen LogP contribution in [0.1, 0.15) is 18.4 Å². The van der Waals surface area contributed by atoms with Crippen LogP contribution in [0.2, 0.25) is 0 Å². The van der Waals surface area contributed by atoms with E-state index >= 15 is 0 Å². The summed E-state index contributed by atoms with van der Waals surface area (Å²) in [5.74, 6) is -1.42. The number of benzene rings is 2. The number of carbonyl (C=O) groups is 1. The average molecular weight is 485 g/mol. The van der Waals surface area contributed by atoms with Crippen LogP contribution in [0.25, 0.3) is 6.08 Å². The van der Waals surface area contributed by atoms with Crippen molar-refractivity contribution in [3.05, 3.63) is 70.2 Å². The summed E-state index contributed by atoms with van der Waals surface area (Å²) in [6.45, 7) is 0.654. The Balaban J connectivity index is 1.66. The van der Waals surface area contributed by atoms with E-state index in [0.717, 1.165) is 6.07 Å². The van der Waals surface area contributed by atoms with E-state index in [2.05, 4.69) is 20.7 Å². The molecule has 1 atom stereocenters. The van der Waals surface area contributed by atoms with Gasteiger partial charge in [0.2, 0.25) is 15.9 Å². The molecule has 1 N–H and O–H groups in total. The number of nitrogens with one attached hydrogen (secondary N) is 1. The summed E-state index contributed by atoms with van der Waals surface area (Å²) in [5, 5.41) is 0. The lowest BCUT2D eigenvalue weighted by Gasteiger charge is -2.32. The van der Waals surface area contributed by atoms with Gasteiger partial charge >= 0.3 is 0 Å². The van der Waals surface area contributed by atoms with E-state index in [4.69, 9.17) is 0 Å². The van der Waals surface area contributed by atoms with Gasteiger partial charge in [-0.25, -0.2) is 21.9 Å². The van der Waals surface area contributed by atoms with Gasteiger partial charge in [0.05, 0.1) is 4.90 Å². The van der Waals surface area contributed by atoms with E-state index in [-0.39, 0.29) is 22.9 Å². The Hall–Kier alpha value is -2.10. The number of nitrogens with zero attached hydrogens (tertiary/aromatic N) is 1. The van der Waals surface area contributed by atoms with Crippen LogP contribution in [-0.4, -0.2) is 38.4 Å². The third-order valence-corrected chi connectivity index (χ3v) is 6.54. The molecule has 1 amide bonds. The predicted octanol–water partition coefficient (Wildman–Crippen LogP) is 3.71. The normalized spacial score (nSPS) is 17.6. The van der Waals surface area contributed by atoms with Gasteiger partial charge < -0.3 is 4.90 Å². The van der Waals surface area contributed by atoms with E-state index in [1.54, 1.807) is 12.1 Å². The first-order valence-corrected chi connectivity index (χ1v) is 11.2. The van der Waals surface area contributed by atoms with Gasteiger partial charge in [0.15, 0.2) is 0 Å². The van der Waals surface area contributed by atoms with Gasteiger partial charge in [0, 0.05) is 35.2 Å². The zero-order chi connectivity index (χ0) is 21.0. The van der Waals surface area contributed by atoms with Crippen LogP contribution in [0.3, 0.4) is 0 Å². The molecule has 2 aromatic carbocycles. The Labute approximate surface area is 176 Å². The van der Waals surface area contributed by atoms with Crippen LogP contribution >= 0.6 is 15.9 Å². The van der Waals surface area contributed by atoms with Crippen LogP contribution in [0, 0.1) is 11.6 Å². The van der Waals surface area contributed by atoms with E-state index in [1.165, 1.54) is 41.3 Å². The molecular weight excluding hydrogens is 466 g/mol. The highest BCUT2D eigenvalue weighted by atomic mass is 79.9. The number of hydrogen-bond acceptors (Lipinski definition) is 3. The molecule has 0 aliphatic carbocycles. The lowest BCUT2D eigenvalue weighted by atomic mass is 10.1. The summed E-state index contributed by atoms with van der Waals surface area (Å²) in [4.78, 5) is 13.8. The molecule has 0 radical (unpaired) electrons. The molecule has 1 aliphatic rings. The molecule has 1 unspecified atom stereocenters. The molecule has 2 aromatic rings. The van der Waals surface area contributed by atoms with Crippen molar-refractivity contribution in [3.63, 3.8) is 0 Å². The van der Waals surface area contributed by atoms with Crippen LogP contribution in [0.4, 0.5) is 8.78 Å². The third kappa shape index (κ3) is 5.71. The van der Waals surface area contributed by atoms with Crippen molar-refractivity contribution >= 4 is 37.9 Å². The summed E-state index contributed by atoms with van der Waals surface area (Å²) in [5.41, 5.74) is 0.271. The fraction of sp³-hybridized carbons (Fsp3) is 0.250. The zero-order valence-corrected chi connectivity index (χ0v) is 17.7. The van der Waals surface area contributed by atoms with Crippen molar-refractivity contribution in [2.24, 2.45) is 0 Å².